The molecule has 25 heavy (non-hydrogen) atoms. The van der Waals surface area contributed by atoms with E-state index in [1.165, 1.54) is 6.07 Å². The quantitative estimate of drug-likeness (QED) is 0.806. The molecular weight excluding hydrogens is 349 g/mol. The number of hydrogen-bond donors (Lipinski definition) is 2. The van der Waals surface area contributed by atoms with Crippen molar-refractivity contribution in [3.63, 3.8) is 0 Å². The number of carbonyl (C=O) groups is 3. The lowest BCUT2D eigenvalue weighted by atomic mass is 9.77. The summed E-state index contributed by atoms with van der Waals surface area (Å²) in [5.74, 6) is -0.929. The minimum atomic E-state index is -0.878. The highest BCUT2D eigenvalue weighted by molar-refractivity contribution is 6.33. The van der Waals surface area contributed by atoms with Gasteiger partial charge in [0, 0.05) is 0 Å². The summed E-state index contributed by atoms with van der Waals surface area (Å²) < 4.78 is 13.0. The maximum absolute atomic E-state index is 13.0. The van der Waals surface area contributed by atoms with Crippen molar-refractivity contribution >= 4 is 35.1 Å². The van der Waals surface area contributed by atoms with Gasteiger partial charge < -0.3 is 10.6 Å². The fourth-order valence-electron chi connectivity index (χ4n) is 3.34. The molecule has 134 valence electrons. The molecule has 1 saturated carbocycles. The molecule has 0 aromatic heterocycles. The Morgan fingerprint density at radius 3 is 2.72 bits per heavy atom. The Bertz CT molecular complexity index is 732. The molecule has 1 aliphatic heterocycles. The molecule has 1 aromatic rings. The molecule has 0 radical (unpaired) electrons. The van der Waals surface area contributed by atoms with Crippen LogP contribution in [0.1, 0.15) is 32.6 Å². The van der Waals surface area contributed by atoms with Crippen molar-refractivity contribution in [3.05, 3.63) is 29.0 Å². The lowest BCUT2D eigenvalue weighted by Crippen LogP contribution is -2.49. The second kappa shape index (κ2) is 6.63. The lowest BCUT2D eigenvalue weighted by molar-refractivity contribution is -0.135. The number of rotatable bonds is 3. The molecule has 1 spiro atoms. The van der Waals surface area contributed by atoms with Crippen molar-refractivity contribution in [2.45, 2.75) is 38.1 Å². The molecule has 1 saturated heterocycles. The summed E-state index contributed by atoms with van der Waals surface area (Å²) in [6.45, 7) is 1.71. The van der Waals surface area contributed by atoms with E-state index >= 15 is 0 Å². The maximum atomic E-state index is 13.0. The average molecular weight is 368 g/mol. The molecule has 0 atom stereocenters. The van der Waals surface area contributed by atoms with Gasteiger partial charge in [-0.25, -0.2) is 9.18 Å². The first-order chi connectivity index (χ1) is 11.8. The van der Waals surface area contributed by atoms with Crippen molar-refractivity contribution in [3.8, 4) is 0 Å². The molecule has 2 fully saturated rings. The van der Waals surface area contributed by atoms with Crippen LogP contribution in [0.4, 0.5) is 14.9 Å². The van der Waals surface area contributed by atoms with E-state index in [1.807, 2.05) is 0 Å². The van der Waals surface area contributed by atoms with Crippen LogP contribution in [0.25, 0.3) is 0 Å². The van der Waals surface area contributed by atoms with E-state index in [4.69, 9.17) is 11.6 Å². The largest absolute Gasteiger partial charge is 0.325 e. The van der Waals surface area contributed by atoms with Crippen LogP contribution in [0.15, 0.2) is 18.2 Å². The molecule has 1 aromatic carbocycles. The van der Waals surface area contributed by atoms with Gasteiger partial charge in [0.15, 0.2) is 0 Å². The van der Waals surface area contributed by atoms with Crippen LogP contribution >= 0.6 is 11.6 Å². The molecule has 2 N–H and O–H groups in total. The Hall–Kier alpha value is -2.15. The SMILES string of the molecule is CC1CCC2(CC1)NC(=O)N(CC(=O)Nc1ccc(F)cc1Cl)C2=O. The van der Waals surface area contributed by atoms with Gasteiger partial charge in [-0.1, -0.05) is 18.5 Å². The summed E-state index contributed by atoms with van der Waals surface area (Å²) in [5.41, 5.74) is -0.654. The van der Waals surface area contributed by atoms with Crippen molar-refractivity contribution in [2.24, 2.45) is 5.92 Å². The number of nitrogens with one attached hydrogen (secondary N) is 2. The second-order valence-electron chi connectivity index (χ2n) is 6.76. The number of nitrogens with zero attached hydrogens (tertiary/aromatic N) is 1. The monoisotopic (exact) mass is 367 g/mol. The molecule has 4 amide bonds. The summed E-state index contributed by atoms with van der Waals surface area (Å²) in [6, 6.07) is 3.00. The zero-order chi connectivity index (χ0) is 18.2. The van der Waals surface area contributed by atoms with Gasteiger partial charge >= 0.3 is 6.03 Å². The summed E-state index contributed by atoms with van der Waals surface area (Å²) >= 11 is 5.86. The summed E-state index contributed by atoms with van der Waals surface area (Å²) in [4.78, 5) is 38.0. The number of halogens is 2. The van der Waals surface area contributed by atoms with Gasteiger partial charge in [0.25, 0.3) is 5.91 Å². The molecule has 3 rings (SSSR count). The Morgan fingerprint density at radius 1 is 1.40 bits per heavy atom. The molecular formula is C17H19ClFN3O3. The van der Waals surface area contributed by atoms with Crippen LogP contribution in [0.3, 0.4) is 0 Å². The number of benzene rings is 1. The molecule has 6 nitrogen and oxygen atoms in total. The Labute approximate surface area is 149 Å². The van der Waals surface area contributed by atoms with Crippen LogP contribution in [0.5, 0.6) is 0 Å². The van der Waals surface area contributed by atoms with E-state index in [1.54, 1.807) is 0 Å². The van der Waals surface area contributed by atoms with Crippen molar-refractivity contribution < 1.29 is 18.8 Å². The van der Waals surface area contributed by atoms with Crippen LogP contribution in [0.2, 0.25) is 5.02 Å². The van der Waals surface area contributed by atoms with Crippen LogP contribution < -0.4 is 10.6 Å². The number of anilines is 1. The third-order valence-corrected chi connectivity index (χ3v) is 5.19. The lowest BCUT2D eigenvalue weighted by Gasteiger charge is -2.33. The normalized spacial score (nSPS) is 26.0. The maximum Gasteiger partial charge on any atom is 0.325 e. The number of hydrogen-bond acceptors (Lipinski definition) is 3. The molecule has 1 heterocycles. The van der Waals surface area contributed by atoms with Gasteiger partial charge in [-0.3, -0.25) is 14.5 Å². The van der Waals surface area contributed by atoms with Crippen LogP contribution in [0, 0.1) is 11.7 Å². The highest BCUT2D eigenvalue weighted by Crippen LogP contribution is 2.36. The first kappa shape index (κ1) is 17.7. The summed E-state index contributed by atoms with van der Waals surface area (Å²) in [6.07, 6.45) is 2.88. The smallest absolute Gasteiger partial charge is 0.323 e. The van der Waals surface area contributed by atoms with Crippen LogP contribution in [-0.4, -0.2) is 34.8 Å². The first-order valence-electron chi connectivity index (χ1n) is 8.20. The second-order valence-corrected chi connectivity index (χ2v) is 7.17. The van der Waals surface area contributed by atoms with E-state index in [0.717, 1.165) is 29.9 Å². The average Bonchev–Trinajstić information content (AvgIpc) is 2.78. The molecule has 2 aliphatic rings. The predicted octanol–water partition coefficient (Wildman–Crippen LogP) is 2.92. The van der Waals surface area contributed by atoms with E-state index in [-0.39, 0.29) is 16.6 Å². The highest BCUT2D eigenvalue weighted by Gasteiger charge is 2.52. The molecule has 1 aliphatic carbocycles. The van der Waals surface area contributed by atoms with Crippen LogP contribution in [-0.2, 0) is 9.59 Å². The molecule has 0 bridgehead atoms. The fourth-order valence-corrected chi connectivity index (χ4v) is 3.55. The third kappa shape index (κ3) is 3.46. The zero-order valence-corrected chi connectivity index (χ0v) is 14.5. The van der Waals surface area contributed by atoms with Gasteiger partial charge in [-0.15, -0.1) is 0 Å². The number of imide groups is 1. The minimum Gasteiger partial charge on any atom is -0.323 e. The Morgan fingerprint density at radius 2 is 2.08 bits per heavy atom. The first-order valence-corrected chi connectivity index (χ1v) is 8.57. The van der Waals surface area contributed by atoms with Gasteiger partial charge in [0.1, 0.15) is 17.9 Å². The molecule has 0 unspecified atom stereocenters. The standard InChI is InChI=1S/C17H19ClFN3O3/c1-10-4-6-17(7-5-10)15(24)22(16(25)21-17)9-14(23)20-13-3-2-11(19)8-12(13)18/h2-3,8,10H,4-7,9H2,1H3,(H,20,23)(H,21,25). The van der Waals surface area contributed by atoms with E-state index in [9.17, 15) is 18.8 Å². The third-order valence-electron chi connectivity index (χ3n) is 4.88. The highest BCUT2D eigenvalue weighted by atomic mass is 35.5. The minimum absolute atomic E-state index is 0.0447. The number of urea groups is 1. The van der Waals surface area contributed by atoms with Crippen molar-refractivity contribution in [1.82, 2.24) is 10.2 Å². The van der Waals surface area contributed by atoms with E-state index in [2.05, 4.69) is 17.6 Å². The zero-order valence-electron chi connectivity index (χ0n) is 13.8. The molecule has 8 heteroatoms. The van der Waals surface area contributed by atoms with Gasteiger partial charge in [-0.05, 0) is 49.8 Å². The van der Waals surface area contributed by atoms with Crippen molar-refractivity contribution in [1.29, 1.82) is 0 Å². The predicted molar refractivity (Wildman–Crippen MR) is 90.6 cm³/mol. The summed E-state index contributed by atoms with van der Waals surface area (Å²) in [5, 5.41) is 5.30. The summed E-state index contributed by atoms with van der Waals surface area (Å²) in [7, 11) is 0. The van der Waals surface area contributed by atoms with Gasteiger partial charge in [-0.2, -0.15) is 0 Å². The van der Waals surface area contributed by atoms with E-state index in [0.29, 0.717) is 18.8 Å². The Balaban J connectivity index is 1.67. The van der Waals surface area contributed by atoms with E-state index < -0.39 is 29.8 Å². The Kier molecular flexibility index (Phi) is 4.69. The number of amides is 4. The fraction of sp³-hybridized carbons (Fsp3) is 0.471. The van der Waals surface area contributed by atoms with Crippen molar-refractivity contribution in [2.75, 3.05) is 11.9 Å². The van der Waals surface area contributed by atoms with Gasteiger partial charge in [0.05, 0.1) is 10.7 Å². The number of carbonyl (C=O) groups excluding carboxylic acids is 3. The topological polar surface area (TPSA) is 78.5 Å². The van der Waals surface area contributed by atoms with Gasteiger partial charge in [0.2, 0.25) is 5.91 Å².